The fourth-order valence-corrected chi connectivity index (χ4v) is 2.74. The molecule has 4 nitrogen and oxygen atoms in total. The van der Waals surface area contributed by atoms with Crippen LogP contribution in [0.5, 0.6) is 0 Å². The second-order valence-corrected chi connectivity index (χ2v) is 4.92. The topological polar surface area (TPSA) is 49.4 Å². The van der Waals surface area contributed by atoms with Crippen LogP contribution in [0.3, 0.4) is 0 Å². The minimum atomic E-state index is -0.281. The van der Waals surface area contributed by atoms with E-state index in [0.29, 0.717) is 11.3 Å². The van der Waals surface area contributed by atoms with Crippen molar-refractivity contribution in [2.24, 2.45) is 0 Å². The van der Waals surface area contributed by atoms with E-state index in [0.717, 1.165) is 31.5 Å². The number of imide groups is 1. The van der Waals surface area contributed by atoms with Crippen LogP contribution in [0.25, 0.3) is 5.57 Å². The molecule has 1 N–H and O–H groups in total. The molecule has 19 heavy (non-hydrogen) atoms. The molecule has 1 aromatic rings. The molecule has 0 unspecified atom stereocenters. The molecule has 4 heteroatoms. The van der Waals surface area contributed by atoms with Crippen molar-refractivity contribution in [3.63, 3.8) is 0 Å². The summed E-state index contributed by atoms with van der Waals surface area (Å²) in [6.45, 7) is 1.71. The number of amides is 2. The molecule has 0 radical (unpaired) electrons. The quantitative estimate of drug-likeness (QED) is 0.817. The lowest BCUT2D eigenvalue weighted by Gasteiger charge is -2.29. The maximum atomic E-state index is 12.0. The van der Waals surface area contributed by atoms with Crippen molar-refractivity contribution >= 4 is 17.4 Å². The van der Waals surface area contributed by atoms with E-state index < -0.39 is 0 Å². The molecule has 1 aromatic carbocycles. The summed E-state index contributed by atoms with van der Waals surface area (Å²) in [6, 6.07) is 9.41. The average molecular weight is 256 g/mol. The molecule has 2 heterocycles. The Labute approximate surface area is 112 Å². The summed E-state index contributed by atoms with van der Waals surface area (Å²) in [4.78, 5) is 26.1. The SMILES string of the molecule is O=C1NC(=O)C(N2CCCCC2)=C1c1ccccc1. The lowest BCUT2D eigenvalue weighted by atomic mass is 10.0. The molecule has 3 rings (SSSR count). The molecule has 1 saturated heterocycles. The van der Waals surface area contributed by atoms with Gasteiger partial charge >= 0.3 is 0 Å². The molecule has 0 spiro atoms. The molecule has 0 atom stereocenters. The van der Waals surface area contributed by atoms with Gasteiger partial charge in [-0.2, -0.15) is 0 Å². The Balaban J connectivity index is 2.06. The lowest BCUT2D eigenvalue weighted by Crippen LogP contribution is -2.34. The number of hydrogen-bond acceptors (Lipinski definition) is 3. The fourth-order valence-electron chi connectivity index (χ4n) is 2.74. The van der Waals surface area contributed by atoms with E-state index in [9.17, 15) is 9.59 Å². The van der Waals surface area contributed by atoms with E-state index in [4.69, 9.17) is 0 Å². The minimum absolute atomic E-state index is 0.259. The Kier molecular flexibility index (Phi) is 3.07. The summed E-state index contributed by atoms with van der Waals surface area (Å²) >= 11 is 0. The number of hydrogen-bond donors (Lipinski definition) is 1. The lowest BCUT2D eigenvalue weighted by molar-refractivity contribution is -0.124. The minimum Gasteiger partial charge on any atom is -0.366 e. The monoisotopic (exact) mass is 256 g/mol. The predicted octanol–water partition coefficient (Wildman–Crippen LogP) is 1.54. The fraction of sp³-hybridized carbons (Fsp3) is 0.333. The Bertz CT molecular complexity index is 543. The number of carbonyl (C=O) groups excluding carboxylic acids is 2. The highest BCUT2D eigenvalue weighted by atomic mass is 16.2. The van der Waals surface area contributed by atoms with Crippen LogP contribution >= 0.6 is 0 Å². The van der Waals surface area contributed by atoms with Crippen LogP contribution in [-0.4, -0.2) is 29.8 Å². The first-order valence-corrected chi connectivity index (χ1v) is 6.67. The van der Waals surface area contributed by atoms with Crippen molar-refractivity contribution < 1.29 is 9.59 Å². The van der Waals surface area contributed by atoms with E-state index in [1.165, 1.54) is 6.42 Å². The van der Waals surface area contributed by atoms with Crippen LogP contribution < -0.4 is 5.32 Å². The van der Waals surface area contributed by atoms with Gasteiger partial charge in [0.2, 0.25) is 0 Å². The first kappa shape index (κ1) is 12.0. The standard InChI is InChI=1S/C15H16N2O2/c18-14-12(11-7-3-1-4-8-11)13(15(19)16-14)17-9-5-2-6-10-17/h1,3-4,7-8H,2,5-6,9-10H2,(H,16,18,19). The van der Waals surface area contributed by atoms with E-state index in [1.54, 1.807) is 0 Å². The first-order valence-electron chi connectivity index (χ1n) is 6.67. The summed E-state index contributed by atoms with van der Waals surface area (Å²) in [5.74, 6) is -0.539. The van der Waals surface area contributed by atoms with Crippen molar-refractivity contribution in [1.29, 1.82) is 0 Å². The van der Waals surface area contributed by atoms with Crippen molar-refractivity contribution in [2.75, 3.05) is 13.1 Å². The molecule has 0 aliphatic carbocycles. The van der Waals surface area contributed by atoms with E-state index >= 15 is 0 Å². The second kappa shape index (κ2) is 4.88. The Morgan fingerprint density at radius 1 is 0.895 bits per heavy atom. The highest BCUT2D eigenvalue weighted by Gasteiger charge is 2.34. The van der Waals surface area contributed by atoms with Crippen molar-refractivity contribution in [2.45, 2.75) is 19.3 Å². The third-order valence-corrected chi connectivity index (χ3v) is 3.64. The number of piperidine rings is 1. The number of nitrogens with zero attached hydrogens (tertiary/aromatic N) is 1. The predicted molar refractivity (Wildman–Crippen MR) is 71.9 cm³/mol. The zero-order valence-corrected chi connectivity index (χ0v) is 10.7. The molecule has 2 aliphatic rings. The van der Waals surface area contributed by atoms with Gasteiger partial charge in [0, 0.05) is 13.1 Å². The highest BCUT2D eigenvalue weighted by Crippen LogP contribution is 2.28. The third-order valence-electron chi connectivity index (χ3n) is 3.64. The van der Waals surface area contributed by atoms with Gasteiger partial charge < -0.3 is 4.90 Å². The smallest absolute Gasteiger partial charge is 0.275 e. The Morgan fingerprint density at radius 3 is 2.26 bits per heavy atom. The molecule has 0 saturated carbocycles. The summed E-state index contributed by atoms with van der Waals surface area (Å²) in [6.07, 6.45) is 3.35. The molecule has 0 aromatic heterocycles. The number of nitrogens with one attached hydrogen (secondary N) is 1. The maximum absolute atomic E-state index is 12.0. The first-order chi connectivity index (χ1) is 9.27. The van der Waals surface area contributed by atoms with Crippen LogP contribution in [-0.2, 0) is 9.59 Å². The molecular formula is C15H16N2O2. The van der Waals surface area contributed by atoms with Crippen LogP contribution in [0.4, 0.5) is 0 Å². The third kappa shape index (κ3) is 2.14. The van der Waals surface area contributed by atoms with Crippen molar-refractivity contribution in [3.05, 3.63) is 41.6 Å². The molecule has 2 amide bonds. The number of benzene rings is 1. The van der Waals surface area contributed by atoms with Crippen LogP contribution in [0.2, 0.25) is 0 Å². The molecule has 0 bridgehead atoms. The summed E-state index contributed by atoms with van der Waals surface area (Å²) < 4.78 is 0. The van der Waals surface area contributed by atoms with Crippen molar-refractivity contribution in [1.82, 2.24) is 10.2 Å². The summed E-state index contributed by atoms with van der Waals surface area (Å²) in [5, 5.41) is 2.42. The second-order valence-electron chi connectivity index (χ2n) is 4.92. The maximum Gasteiger partial charge on any atom is 0.275 e. The van der Waals surface area contributed by atoms with Gasteiger partial charge in [0.25, 0.3) is 11.8 Å². The zero-order valence-electron chi connectivity index (χ0n) is 10.7. The molecular weight excluding hydrogens is 240 g/mol. The van der Waals surface area contributed by atoms with Gasteiger partial charge in [-0.1, -0.05) is 30.3 Å². The van der Waals surface area contributed by atoms with Gasteiger partial charge in [-0.3, -0.25) is 14.9 Å². The molecule has 2 aliphatic heterocycles. The summed E-state index contributed by atoms with van der Waals surface area (Å²) in [7, 11) is 0. The highest BCUT2D eigenvalue weighted by molar-refractivity contribution is 6.35. The van der Waals surface area contributed by atoms with Gasteiger partial charge in [0.1, 0.15) is 5.70 Å². The van der Waals surface area contributed by atoms with E-state index in [2.05, 4.69) is 5.32 Å². The van der Waals surface area contributed by atoms with Crippen molar-refractivity contribution in [3.8, 4) is 0 Å². The summed E-state index contributed by atoms with van der Waals surface area (Å²) in [5.41, 5.74) is 1.88. The Morgan fingerprint density at radius 2 is 1.58 bits per heavy atom. The number of carbonyl (C=O) groups is 2. The average Bonchev–Trinajstić information content (AvgIpc) is 2.75. The van der Waals surface area contributed by atoms with Gasteiger partial charge in [0.15, 0.2) is 0 Å². The van der Waals surface area contributed by atoms with Gasteiger partial charge in [-0.25, -0.2) is 0 Å². The largest absolute Gasteiger partial charge is 0.366 e. The van der Waals surface area contributed by atoms with Crippen LogP contribution in [0, 0.1) is 0 Å². The van der Waals surface area contributed by atoms with Crippen LogP contribution in [0.15, 0.2) is 36.0 Å². The van der Waals surface area contributed by atoms with Gasteiger partial charge in [-0.05, 0) is 24.8 Å². The number of likely N-dealkylation sites (tertiary alicyclic amines) is 1. The van der Waals surface area contributed by atoms with E-state index in [1.807, 2.05) is 35.2 Å². The van der Waals surface area contributed by atoms with Crippen LogP contribution in [0.1, 0.15) is 24.8 Å². The zero-order chi connectivity index (χ0) is 13.2. The normalized spacial score (nSPS) is 19.9. The number of rotatable bonds is 2. The van der Waals surface area contributed by atoms with Gasteiger partial charge in [-0.15, -0.1) is 0 Å². The van der Waals surface area contributed by atoms with Gasteiger partial charge in [0.05, 0.1) is 5.57 Å². The Hall–Kier alpha value is -2.10. The molecule has 98 valence electrons. The molecule has 1 fully saturated rings. The van der Waals surface area contributed by atoms with E-state index in [-0.39, 0.29) is 11.8 Å².